The molecule has 0 amide bonds. The molecule has 194 valence electrons. The first-order valence-corrected chi connectivity index (χ1v) is 12.7. The molecule has 0 radical (unpaired) electrons. The smallest absolute Gasteiger partial charge is 0.338 e. The van der Waals surface area contributed by atoms with Crippen LogP contribution in [0.2, 0.25) is 0 Å². The number of ketones is 1. The first-order chi connectivity index (χ1) is 17.0. The Morgan fingerprint density at radius 2 is 1.86 bits per heavy atom. The number of rotatable bonds is 3. The van der Waals surface area contributed by atoms with Gasteiger partial charge in [0.15, 0.2) is 11.9 Å². The Kier molecular flexibility index (Phi) is 6.13. The maximum Gasteiger partial charge on any atom is 0.338 e. The van der Waals surface area contributed by atoms with Crippen molar-refractivity contribution in [2.75, 3.05) is 6.61 Å². The second kappa shape index (κ2) is 8.78. The minimum atomic E-state index is -1.54. The fourth-order valence-electron chi connectivity index (χ4n) is 7.10. The lowest BCUT2D eigenvalue weighted by atomic mass is 9.49. The van der Waals surface area contributed by atoms with Crippen molar-refractivity contribution in [2.45, 2.75) is 77.0 Å². The van der Waals surface area contributed by atoms with Crippen LogP contribution in [-0.2, 0) is 23.8 Å². The standard InChI is InChI=1S/C28H34O8/c1-14-10-11-28(33)15(2)21(14)23(35-16(3)29)24(31)27(4)20(30)12-19-18(13-34-19)22(27)25(28)36-26(32)17-8-6-5-7-9-17/h5-9,15,18-20,22-23,25,30,33H,10-13H2,1-4H3/t15-,18-,19-,20+,22+,23-,25+,27-,28+/m1/s1. The van der Waals surface area contributed by atoms with Crippen LogP contribution in [0.25, 0.3) is 0 Å². The van der Waals surface area contributed by atoms with E-state index in [-0.39, 0.29) is 18.4 Å². The first kappa shape index (κ1) is 25.1. The zero-order valence-electron chi connectivity index (χ0n) is 21.1. The number of benzene rings is 1. The summed E-state index contributed by atoms with van der Waals surface area (Å²) in [5.41, 5.74) is -1.26. The highest BCUT2D eigenvalue weighted by atomic mass is 16.6. The number of hydrogen-bond acceptors (Lipinski definition) is 8. The molecular formula is C28H34O8. The van der Waals surface area contributed by atoms with Gasteiger partial charge < -0.3 is 24.4 Å². The van der Waals surface area contributed by atoms with E-state index in [1.807, 2.05) is 6.92 Å². The number of hydrogen-bond donors (Lipinski definition) is 2. The molecule has 3 aliphatic carbocycles. The third-order valence-electron chi connectivity index (χ3n) is 9.29. The SMILES string of the molecule is CC(=O)O[C@H]1C(=O)[C@@]2(C)[C@@H]([C@@H]3CO[C@@H]3C[C@@H]2O)[C@H](OC(=O)c2ccccc2)[C@]2(O)CCC(C)=C1[C@H]2C. The lowest BCUT2D eigenvalue weighted by molar-refractivity contribution is -0.267. The quantitative estimate of drug-likeness (QED) is 0.482. The molecule has 5 rings (SSSR count). The van der Waals surface area contributed by atoms with Crippen molar-refractivity contribution in [3.8, 4) is 0 Å². The van der Waals surface area contributed by atoms with Gasteiger partial charge >= 0.3 is 11.9 Å². The van der Waals surface area contributed by atoms with Crippen molar-refractivity contribution < 1.29 is 38.8 Å². The van der Waals surface area contributed by atoms with Crippen LogP contribution in [0.1, 0.15) is 57.3 Å². The topological polar surface area (TPSA) is 119 Å². The number of ether oxygens (including phenoxy) is 3. The minimum absolute atomic E-state index is 0.210. The van der Waals surface area contributed by atoms with Gasteiger partial charge in [-0.2, -0.15) is 0 Å². The van der Waals surface area contributed by atoms with Gasteiger partial charge in [-0.3, -0.25) is 9.59 Å². The van der Waals surface area contributed by atoms with Gasteiger partial charge in [0, 0.05) is 31.1 Å². The summed E-state index contributed by atoms with van der Waals surface area (Å²) in [6.45, 7) is 6.90. The van der Waals surface area contributed by atoms with Crippen LogP contribution in [0.3, 0.4) is 0 Å². The van der Waals surface area contributed by atoms with Crippen molar-refractivity contribution in [3.63, 3.8) is 0 Å². The van der Waals surface area contributed by atoms with Gasteiger partial charge in [0.25, 0.3) is 0 Å². The summed E-state index contributed by atoms with van der Waals surface area (Å²) in [4.78, 5) is 39.8. The van der Waals surface area contributed by atoms with Crippen molar-refractivity contribution in [2.24, 2.45) is 23.2 Å². The Morgan fingerprint density at radius 3 is 2.47 bits per heavy atom. The maximum absolute atomic E-state index is 14.3. The Bertz CT molecular complexity index is 1110. The molecule has 8 nitrogen and oxygen atoms in total. The Hall–Kier alpha value is -2.55. The molecule has 0 spiro atoms. The Morgan fingerprint density at radius 1 is 1.17 bits per heavy atom. The molecule has 1 aromatic carbocycles. The van der Waals surface area contributed by atoms with Gasteiger partial charge in [0.05, 0.1) is 29.8 Å². The minimum Gasteiger partial charge on any atom is -0.455 e. The lowest BCUT2D eigenvalue weighted by Crippen LogP contribution is -2.72. The average molecular weight is 499 g/mol. The molecule has 3 fully saturated rings. The molecule has 1 aromatic rings. The Labute approximate surface area is 210 Å². The van der Waals surface area contributed by atoms with Crippen LogP contribution in [0, 0.1) is 23.2 Å². The molecule has 2 N–H and O–H groups in total. The highest BCUT2D eigenvalue weighted by molar-refractivity contribution is 5.95. The summed E-state index contributed by atoms with van der Waals surface area (Å²) in [5, 5.41) is 23.8. The van der Waals surface area contributed by atoms with Crippen LogP contribution >= 0.6 is 0 Å². The molecular weight excluding hydrogens is 464 g/mol. The van der Waals surface area contributed by atoms with Crippen molar-refractivity contribution >= 4 is 17.7 Å². The van der Waals surface area contributed by atoms with E-state index in [0.29, 0.717) is 30.6 Å². The van der Waals surface area contributed by atoms with Crippen LogP contribution in [-0.4, -0.2) is 64.6 Å². The van der Waals surface area contributed by atoms with E-state index in [9.17, 15) is 24.6 Å². The van der Waals surface area contributed by atoms with Crippen LogP contribution in [0.15, 0.2) is 41.5 Å². The third kappa shape index (κ3) is 3.56. The predicted octanol–water partition coefficient (Wildman–Crippen LogP) is 2.61. The third-order valence-corrected chi connectivity index (χ3v) is 9.29. The predicted molar refractivity (Wildman–Crippen MR) is 128 cm³/mol. The largest absolute Gasteiger partial charge is 0.455 e. The van der Waals surface area contributed by atoms with Crippen LogP contribution in [0.5, 0.6) is 0 Å². The molecule has 36 heavy (non-hydrogen) atoms. The number of carbonyl (C=O) groups excluding carboxylic acids is 3. The summed E-state index contributed by atoms with van der Waals surface area (Å²) in [7, 11) is 0. The van der Waals surface area contributed by atoms with Crippen molar-refractivity contribution in [1.82, 2.24) is 0 Å². The van der Waals surface area contributed by atoms with E-state index < -0.39 is 58.9 Å². The number of Topliss-reactive ketones (excluding diaryl/α,β-unsaturated/α-hetero) is 1. The van der Waals surface area contributed by atoms with Crippen LogP contribution < -0.4 is 0 Å². The lowest BCUT2D eigenvalue weighted by Gasteiger charge is -2.62. The molecule has 2 saturated carbocycles. The molecule has 1 aliphatic heterocycles. The molecule has 2 bridgehead atoms. The van der Waals surface area contributed by atoms with E-state index in [1.165, 1.54) is 6.92 Å². The molecule has 1 saturated heterocycles. The normalized spacial score (nSPS) is 41.7. The van der Waals surface area contributed by atoms with Gasteiger partial charge in [-0.1, -0.05) is 30.7 Å². The number of carbonyl (C=O) groups is 3. The van der Waals surface area contributed by atoms with E-state index in [4.69, 9.17) is 14.2 Å². The summed E-state index contributed by atoms with van der Waals surface area (Å²) < 4.78 is 17.5. The monoisotopic (exact) mass is 498 g/mol. The van der Waals surface area contributed by atoms with Gasteiger partial charge in [-0.05, 0) is 44.4 Å². The Balaban J connectivity index is 1.70. The van der Waals surface area contributed by atoms with Crippen LogP contribution in [0.4, 0.5) is 0 Å². The van der Waals surface area contributed by atoms with Gasteiger partial charge in [-0.15, -0.1) is 0 Å². The van der Waals surface area contributed by atoms with Gasteiger partial charge in [0.2, 0.25) is 0 Å². The zero-order chi connectivity index (χ0) is 26.0. The summed E-state index contributed by atoms with van der Waals surface area (Å²) in [5.74, 6) is -3.21. The fraction of sp³-hybridized carbons (Fsp3) is 0.607. The van der Waals surface area contributed by atoms with Crippen molar-refractivity contribution in [1.29, 1.82) is 0 Å². The molecule has 4 aliphatic rings. The average Bonchev–Trinajstić information content (AvgIpc) is 2.83. The molecule has 0 aromatic heterocycles. The molecule has 0 unspecified atom stereocenters. The van der Waals surface area contributed by atoms with Gasteiger partial charge in [0.1, 0.15) is 11.7 Å². The molecule has 1 heterocycles. The van der Waals surface area contributed by atoms with E-state index in [0.717, 1.165) is 5.57 Å². The van der Waals surface area contributed by atoms with E-state index >= 15 is 0 Å². The number of allylic oxidation sites excluding steroid dienone is 1. The highest BCUT2D eigenvalue weighted by Gasteiger charge is 2.69. The van der Waals surface area contributed by atoms with Crippen molar-refractivity contribution in [3.05, 3.63) is 47.0 Å². The van der Waals surface area contributed by atoms with E-state index in [2.05, 4.69) is 0 Å². The number of aliphatic hydroxyl groups is 2. The molecule has 8 heteroatoms. The summed E-state index contributed by atoms with van der Waals surface area (Å²) in [6.07, 6.45) is -2.76. The van der Waals surface area contributed by atoms with Gasteiger partial charge in [-0.25, -0.2) is 4.79 Å². The number of fused-ring (bicyclic) bond motifs is 5. The first-order valence-electron chi connectivity index (χ1n) is 12.7. The number of aliphatic hydroxyl groups excluding tert-OH is 1. The highest BCUT2D eigenvalue weighted by Crippen LogP contribution is 2.59. The molecule has 9 atom stereocenters. The second-order valence-electron chi connectivity index (χ2n) is 11.1. The summed E-state index contributed by atoms with van der Waals surface area (Å²) in [6, 6.07) is 8.53. The maximum atomic E-state index is 14.3. The summed E-state index contributed by atoms with van der Waals surface area (Å²) >= 11 is 0. The van der Waals surface area contributed by atoms with E-state index in [1.54, 1.807) is 44.2 Å². The fourth-order valence-corrected chi connectivity index (χ4v) is 7.10. The number of esters is 2. The zero-order valence-corrected chi connectivity index (χ0v) is 21.1. The second-order valence-corrected chi connectivity index (χ2v) is 11.1.